The lowest BCUT2D eigenvalue weighted by atomic mass is 10.1. The second kappa shape index (κ2) is 5.75. The predicted molar refractivity (Wildman–Crippen MR) is 83.6 cm³/mol. The predicted octanol–water partition coefficient (Wildman–Crippen LogP) is 4.39. The quantitative estimate of drug-likeness (QED) is 0.903. The lowest BCUT2D eigenvalue weighted by Crippen LogP contribution is -2.24. The van der Waals surface area contributed by atoms with Gasteiger partial charge in [-0.1, -0.05) is 34.1 Å². The zero-order valence-electron chi connectivity index (χ0n) is 11.2. The fourth-order valence-corrected chi connectivity index (χ4v) is 2.71. The van der Waals surface area contributed by atoms with Crippen molar-refractivity contribution in [1.29, 1.82) is 0 Å². The lowest BCUT2D eigenvalue weighted by Gasteiger charge is -2.28. The van der Waals surface area contributed by atoms with Gasteiger partial charge >= 0.3 is 0 Å². The van der Waals surface area contributed by atoms with Crippen LogP contribution in [0.5, 0.6) is 11.5 Å². The van der Waals surface area contributed by atoms with E-state index < -0.39 is 0 Å². The van der Waals surface area contributed by atoms with E-state index in [0.29, 0.717) is 6.61 Å². The van der Waals surface area contributed by atoms with Gasteiger partial charge < -0.3 is 14.8 Å². The molecule has 20 heavy (non-hydrogen) atoms. The highest BCUT2D eigenvalue weighted by molar-refractivity contribution is 9.10. The fourth-order valence-electron chi connectivity index (χ4n) is 2.35. The molecular formula is C16H16BrNO2. The number of halogens is 1. The summed E-state index contributed by atoms with van der Waals surface area (Å²) in [6, 6.07) is 14.0. The minimum atomic E-state index is -0.0357. The second-order valence-corrected chi connectivity index (χ2v) is 5.51. The van der Waals surface area contributed by atoms with E-state index >= 15 is 0 Å². The van der Waals surface area contributed by atoms with Crippen LogP contribution in [0.4, 0.5) is 5.69 Å². The Morgan fingerprint density at radius 3 is 3.00 bits per heavy atom. The maximum atomic E-state index is 6.10. The zero-order valence-corrected chi connectivity index (χ0v) is 12.8. The normalized spacial score (nSPS) is 16.8. The highest BCUT2D eigenvalue weighted by Gasteiger charge is 2.23. The number of ether oxygens (including phenoxy) is 2. The van der Waals surface area contributed by atoms with Crippen LogP contribution < -0.4 is 14.8 Å². The van der Waals surface area contributed by atoms with Crippen molar-refractivity contribution in [3.63, 3.8) is 0 Å². The molecule has 0 radical (unpaired) electrons. The highest BCUT2D eigenvalue weighted by Crippen LogP contribution is 2.38. The van der Waals surface area contributed by atoms with Crippen molar-refractivity contribution in [2.24, 2.45) is 0 Å². The standard InChI is InChI=1S/C16H16BrNO2/c1-2-19-14-6-4-3-5-12(14)16-10-18-13-9-11(17)7-8-15(13)20-16/h3-9,16,18H,2,10H2,1H3. The number of nitrogens with one attached hydrogen (secondary N) is 1. The van der Waals surface area contributed by atoms with Gasteiger partial charge in [0.2, 0.25) is 0 Å². The number of fused-ring (bicyclic) bond motifs is 1. The molecule has 0 amide bonds. The van der Waals surface area contributed by atoms with E-state index in [4.69, 9.17) is 9.47 Å². The fraction of sp³-hybridized carbons (Fsp3) is 0.250. The molecule has 0 aromatic heterocycles. The van der Waals surface area contributed by atoms with Crippen LogP contribution in [0.25, 0.3) is 0 Å². The summed E-state index contributed by atoms with van der Waals surface area (Å²) in [6.07, 6.45) is -0.0357. The van der Waals surface area contributed by atoms with Crippen LogP contribution in [-0.4, -0.2) is 13.2 Å². The average Bonchev–Trinajstić information content (AvgIpc) is 2.48. The summed E-state index contributed by atoms with van der Waals surface area (Å²) in [5, 5.41) is 3.41. The third-order valence-electron chi connectivity index (χ3n) is 3.25. The summed E-state index contributed by atoms with van der Waals surface area (Å²) >= 11 is 3.47. The first-order valence-corrected chi connectivity index (χ1v) is 7.49. The van der Waals surface area contributed by atoms with Crippen molar-refractivity contribution >= 4 is 21.6 Å². The molecule has 2 aromatic carbocycles. The van der Waals surface area contributed by atoms with Crippen molar-refractivity contribution in [3.05, 3.63) is 52.5 Å². The van der Waals surface area contributed by atoms with Gasteiger partial charge in [-0.3, -0.25) is 0 Å². The van der Waals surface area contributed by atoms with Crippen LogP contribution in [0.15, 0.2) is 46.9 Å². The van der Waals surface area contributed by atoms with E-state index in [1.807, 2.05) is 43.3 Å². The SMILES string of the molecule is CCOc1ccccc1C1CNc2cc(Br)ccc2O1. The first-order valence-electron chi connectivity index (χ1n) is 6.69. The molecule has 0 saturated carbocycles. The molecule has 104 valence electrons. The summed E-state index contributed by atoms with van der Waals surface area (Å²) in [6.45, 7) is 3.37. The van der Waals surface area contributed by atoms with Crippen molar-refractivity contribution in [2.45, 2.75) is 13.0 Å². The number of benzene rings is 2. The summed E-state index contributed by atoms with van der Waals surface area (Å²) < 4.78 is 12.8. The molecule has 0 fully saturated rings. The summed E-state index contributed by atoms with van der Waals surface area (Å²) in [5.41, 5.74) is 2.10. The van der Waals surface area contributed by atoms with Crippen LogP contribution in [0.3, 0.4) is 0 Å². The van der Waals surface area contributed by atoms with Gasteiger partial charge in [-0.15, -0.1) is 0 Å². The molecule has 1 N–H and O–H groups in total. The van der Waals surface area contributed by atoms with Crippen molar-refractivity contribution in [1.82, 2.24) is 0 Å². The first kappa shape index (κ1) is 13.3. The van der Waals surface area contributed by atoms with E-state index in [1.165, 1.54) is 0 Å². The summed E-state index contributed by atoms with van der Waals surface area (Å²) in [4.78, 5) is 0. The topological polar surface area (TPSA) is 30.5 Å². The first-order chi connectivity index (χ1) is 9.78. The van der Waals surface area contributed by atoms with Gasteiger partial charge in [0.1, 0.15) is 17.6 Å². The molecule has 0 spiro atoms. The Morgan fingerprint density at radius 1 is 1.30 bits per heavy atom. The van der Waals surface area contributed by atoms with Crippen LogP contribution in [-0.2, 0) is 0 Å². The van der Waals surface area contributed by atoms with E-state index in [9.17, 15) is 0 Å². The Labute approximate surface area is 127 Å². The highest BCUT2D eigenvalue weighted by atomic mass is 79.9. The molecule has 0 bridgehead atoms. The molecule has 1 atom stereocenters. The van der Waals surface area contributed by atoms with Gasteiger partial charge in [0.25, 0.3) is 0 Å². The number of para-hydroxylation sites is 1. The summed E-state index contributed by atoms with van der Waals surface area (Å²) in [7, 11) is 0. The van der Waals surface area contributed by atoms with Crippen molar-refractivity contribution in [3.8, 4) is 11.5 Å². The molecule has 4 heteroatoms. The maximum Gasteiger partial charge on any atom is 0.145 e. The average molecular weight is 334 g/mol. The van der Waals surface area contributed by atoms with Gasteiger partial charge in [-0.25, -0.2) is 0 Å². The van der Waals surface area contributed by atoms with Crippen LogP contribution in [0.2, 0.25) is 0 Å². The van der Waals surface area contributed by atoms with E-state index in [1.54, 1.807) is 0 Å². The van der Waals surface area contributed by atoms with Crippen molar-refractivity contribution < 1.29 is 9.47 Å². The number of hydrogen-bond acceptors (Lipinski definition) is 3. The van der Waals surface area contributed by atoms with Crippen LogP contribution >= 0.6 is 15.9 Å². The molecule has 1 aliphatic heterocycles. The van der Waals surface area contributed by atoms with Gasteiger partial charge in [-0.05, 0) is 31.2 Å². The maximum absolute atomic E-state index is 6.10. The Hall–Kier alpha value is -1.68. The van der Waals surface area contributed by atoms with Crippen molar-refractivity contribution in [2.75, 3.05) is 18.5 Å². The Balaban J connectivity index is 1.88. The zero-order chi connectivity index (χ0) is 13.9. The van der Waals surface area contributed by atoms with Gasteiger partial charge in [0.05, 0.1) is 18.8 Å². The number of hydrogen-bond donors (Lipinski definition) is 1. The molecule has 0 aliphatic carbocycles. The van der Waals surface area contributed by atoms with Gasteiger partial charge in [-0.2, -0.15) is 0 Å². The molecule has 2 aromatic rings. The van der Waals surface area contributed by atoms with E-state index in [0.717, 1.165) is 33.8 Å². The molecule has 1 aliphatic rings. The number of rotatable bonds is 3. The van der Waals surface area contributed by atoms with E-state index in [2.05, 4.69) is 27.3 Å². The minimum Gasteiger partial charge on any atom is -0.493 e. The summed E-state index contributed by atoms with van der Waals surface area (Å²) in [5.74, 6) is 1.76. The Kier molecular flexibility index (Phi) is 3.83. The number of anilines is 1. The smallest absolute Gasteiger partial charge is 0.145 e. The lowest BCUT2D eigenvalue weighted by molar-refractivity contribution is 0.203. The molecule has 0 saturated heterocycles. The minimum absolute atomic E-state index is 0.0357. The molecule has 1 heterocycles. The third kappa shape index (κ3) is 2.61. The second-order valence-electron chi connectivity index (χ2n) is 4.60. The molecule has 1 unspecified atom stereocenters. The Bertz CT molecular complexity index is 615. The largest absolute Gasteiger partial charge is 0.493 e. The third-order valence-corrected chi connectivity index (χ3v) is 3.75. The van der Waals surface area contributed by atoms with Crippen LogP contribution in [0.1, 0.15) is 18.6 Å². The van der Waals surface area contributed by atoms with E-state index in [-0.39, 0.29) is 6.10 Å². The molecular weight excluding hydrogens is 318 g/mol. The monoisotopic (exact) mass is 333 g/mol. The Morgan fingerprint density at radius 2 is 2.15 bits per heavy atom. The van der Waals surface area contributed by atoms with Gasteiger partial charge in [0, 0.05) is 10.0 Å². The van der Waals surface area contributed by atoms with Gasteiger partial charge in [0.15, 0.2) is 0 Å². The van der Waals surface area contributed by atoms with Crippen LogP contribution in [0, 0.1) is 0 Å². The molecule has 3 rings (SSSR count). The molecule has 3 nitrogen and oxygen atoms in total.